The molecule has 2 heteroatoms. The number of nitrogens with zero attached hydrogens (tertiary/aromatic N) is 1. The van der Waals surface area contributed by atoms with E-state index in [9.17, 15) is 4.39 Å². The first kappa shape index (κ1) is 10.4. The topological polar surface area (TPSA) is 3.24 Å². The SMILES string of the molecule is CC1(F)CC[C@@H]2CN(C(C)(C)C)C[C@@H]21. The van der Waals surface area contributed by atoms with Gasteiger partial charge in [-0.15, -0.1) is 0 Å². The van der Waals surface area contributed by atoms with Gasteiger partial charge in [-0.25, -0.2) is 4.39 Å². The van der Waals surface area contributed by atoms with E-state index in [-0.39, 0.29) is 5.54 Å². The second-order valence-corrected chi connectivity index (χ2v) is 6.26. The Bertz CT molecular complexity index is 229. The monoisotopic (exact) mass is 199 g/mol. The van der Waals surface area contributed by atoms with Crippen LogP contribution in [0.25, 0.3) is 0 Å². The van der Waals surface area contributed by atoms with Crippen molar-refractivity contribution < 1.29 is 4.39 Å². The number of halogens is 1. The van der Waals surface area contributed by atoms with Crippen molar-refractivity contribution in [2.24, 2.45) is 11.8 Å². The average molecular weight is 199 g/mol. The summed E-state index contributed by atoms with van der Waals surface area (Å²) in [5, 5.41) is 0. The molecule has 0 N–H and O–H groups in total. The molecule has 1 unspecified atom stereocenters. The third-order valence-electron chi connectivity index (χ3n) is 4.17. The molecule has 14 heavy (non-hydrogen) atoms. The number of rotatable bonds is 0. The van der Waals surface area contributed by atoms with E-state index in [1.807, 2.05) is 0 Å². The van der Waals surface area contributed by atoms with Crippen molar-refractivity contribution in [3.8, 4) is 0 Å². The predicted octanol–water partition coefficient (Wildman–Crippen LogP) is 2.85. The molecule has 82 valence electrons. The van der Waals surface area contributed by atoms with E-state index < -0.39 is 5.67 Å². The molecule has 0 radical (unpaired) electrons. The molecular weight excluding hydrogens is 177 g/mol. The lowest BCUT2D eigenvalue weighted by Crippen LogP contribution is -2.41. The fourth-order valence-corrected chi connectivity index (χ4v) is 3.05. The fraction of sp³-hybridized carbons (Fsp3) is 1.00. The van der Waals surface area contributed by atoms with Crippen LogP contribution in [0.1, 0.15) is 40.5 Å². The van der Waals surface area contributed by atoms with Gasteiger partial charge in [-0.05, 0) is 46.5 Å². The standard InChI is InChI=1S/C12H22FN/c1-11(2,3)14-7-9-5-6-12(4,13)10(9)8-14/h9-10H,5-8H2,1-4H3/t9-,10+,12?/m1/s1. The van der Waals surface area contributed by atoms with Gasteiger partial charge in [0.15, 0.2) is 0 Å². The number of fused-ring (bicyclic) bond motifs is 1. The molecule has 1 aliphatic carbocycles. The summed E-state index contributed by atoms with van der Waals surface area (Å²) in [7, 11) is 0. The van der Waals surface area contributed by atoms with E-state index in [4.69, 9.17) is 0 Å². The maximum atomic E-state index is 14.1. The fourth-order valence-electron chi connectivity index (χ4n) is 3.05. The molecule has 3 atom stereocenters. The normalized spacial score (nSPS) is 44.4. The molecule has 1 aliphatic heterocycles. The Morgan fingerprint density at radius 1 is 1.29 bits per heavy atom. The van der Waals surface area contributed by atoms with Gasteiger partial charge in [0, 0.05) is 24.5 Å². The Morgan fingerprint density at radius 3 is 2.43 bits per heavy atom. The van der Waals surface area contributed by atoms with Gasteiger partial charge in [-0.1, -0.05) is 0 Å². The third-order valence-corrected chi connectivity index (χ3v) is 4.17. The smallest absolute Gasteiger partial charge is 0.112 e. The largest absolute Gasteiger partial charge is 0.298 e. The first-order chi connectivity index (χ1) is 6.31. The highest BCUT2D eigenvalue weighted by atomic mass is 19.1. The summed E-state index contributed by atoms with van der Waals surface area (Å²) in [5.41, 5.74) is -0.689. The zero-order valence-corrected chi connectivity index (χ0v) is 9.81. The first-order valence-corrected chi connectivity index (χ1v) is 5.75. The lowest BCUT2D eigenvalue weighted by molar-refractivity contribution is 0.100. The van der Waals surface area contributed by atoms with Gasteiger partial charge in [0.1, 0.15) is 5.67 Å². The van der Waals surface area contributed by atoms with Gasteiger partial charge >= 0.3 is 0 Å². The van der Waals surface area contributed by atoms with Crippen LogP contribution in [0.2, 0.25) is 0 Å². The quantitative estimate of drug-likeness (QED) is 0.580. The molecular formula is C12H22FN. The highest BCUT2D eigenvalue weighted by Gasteiger charge is 2.51. The predicted molar refractivity (Wildman–Crippen MR) is 57.1 cm³/mol. The van der Waals surface area contributed by atoms with Crippen molar-refractivity contribution >= 4 is 0 Å². The number of hydrogen-bond acceptors (Lipinski definition) is 1. The van der Waals surface area contributed by atoms with E-state index in [1.54, 1.807) is 6.92 Å². The van der Waals surface area contributed by atoms with Crippen LogP contribution in [-0.2, 0) is 0 Å². The second-order valence-electron chi connectivity index (χ2n) is 6.26. The van der Waals surface area contributed by atoms with Crippen molar-refractivity contribution in [1.29, 1.82) is 0 Å². The van der Waals surface area contributed by atoms with Crippen LogP contribution in [0, 0.1) is 11.8 Å². The molecule has 0 spiro atoms. The molecule has 0 amide bonds. The first-order valence-electron chi connectivity index (χ1n) is 5.75. The summed E-state index contributed by atoms with van der Waals surface area (Å²) in [6.07, 6.45) is 1.87. The van der Waals surface area contributed by atoms with Gasteiger partial charge in [-0.3, -0.25) is 4.90 Å². The van der Waals surface area contributed by atoms with Crippen LogP contribution in [-0.4, -0.2) is 29.2 Å². The van der Waals surface area contributed by atoms with Crippen LogP contribution in [0.15, 0.2) is 0 Å². The summed E-state index contributed by atoms with van der Waals surface area (Å²) in [6.45, 7) is 10.5. The minimum Gasteiger partial charge on any atom is -0.298 e. The zero-order valence-electron chi connectivity index (χ0n) is 9.81. The Balaban J connectivity index is 2.09. The van der Waals surface area contributed by atoms with Gasteiger partial charge in [0.05, 0.1) is 0 Å². The minimum absolute atomic E-state index is 0.209. The molecule has 2 fully saturated rings. The highest BCUT2D eigenvalue weighted by molar-refractivity contribution is 5.02. The summed E-state index contributed by atoms with van der Waals surface area (Å²) in [4.78, 5) is 2.44. The van der Waals surface area contributed by atoms with Gasteiger partial charge in [0.2, 0.25) is 0 Å². The molecule has 0 aromatic carbocycles. The lowest BCUT2D eigenvalue weighted by Gasteiger charge is -2.33. The molecule has 2 rings (SSSR count). The summed E-state index contributed by atoms with van der Waals surface area (Å²) >= 11 is 0. The zero-order chi connectivity index (χ0) is 10.6. The van der Waals surface area contributed by atoms with E-state index in [2.05, 4.69) is 25.7 Å². The number of alkyl halides is 1. The summed E-state index contributed by atoms with van der Waals surface area (Å²) in [5.74, 6) is 0.908. The van der Waals surface area contributed by atoms with E-state index >= 15 is 0 Å². The van der Waals surface area contributed by atoms with Crippen molar-refractivity contribution in [2.45, 2.75) is 51.7 Å². The minimum atomic E-state index is -0.898. The lowest BCUT2D eigenvalue weighted by atomic mass is 9.91. The van der Waals surface area contributed by atoms with E-state index in [0.717, 1.165) is 25.9 Å². The molecule has 1 saturated heterocycles. The molecule has 2 aliphatic rings. The molecule has 1 heterocycles. The highest BCUT2D eigenvalue weighted by Crippen LogP contribution is 2.48. The van der Waals surface area contributed by atoms with Gasteiger partial charge in [0.25, 0.3) is 0 Å². The molecule has 1 saturated carbocycles. The third kappa shape index (κ3) is 1.58. The number of hydrogen-bond donors (Lipinski definition) is 0. The van der Waals surface area contributed by atoms with Crippen LogP contribution < -0.4 is 0 Å². The summed E-state index contributed by atoms with van der Waals surface area (Å²) < 4.78 is 14.1. The van der Waals surface area contributed by atoms with Crippen LogP contribution >= 0.6 is 0 Å². The second kappa shape index (κ2) is 2.94. The van der Waals surface area contributed by atoms with Crippen molar-refractivity contribution in [1.82, 2.24) is 4.90 Å². The maximum Gasteiger partial charge on any atom is 0.112 e. The van der Waals surface area contributed by atoms with Crippen molar-refractivity contribution in [3.63, 3.8) is 0 Å². The van der Waals surface area contributed by atoms with Crippen LogP contribution in [0.3, 0.4) is 0 Å². The van der Waals surface area contributed by atoms with Crippen LogP contribution in [0.4, 0.5) is 4.39 Å². The Labute approximate surface area is 86.7 Å². The Kier molecular flexibility index (Phi) is 2.19. The Hall–Kier alpha value is -0.110. The van der Waals surface area contributed by atoms with Crippen LogP contribution in [0.5, 0.6) is 0 Å². The summed E-state index contributed by atoms with van der Waals surface area (Å²) in [6, 6.07) is 0. The average Bonchev–Trinajstić information content (AvgIpc) is 2.51. The van der Waals surface area contributed by atoms with Crippen molar-refractivity contribution in [2.75, 3.05) is 13.1 Å². The Morgan fingerprint density at radius 2 is 1.93 bits per heavy atom. The molecule has 0 aromatic rings. The van der Waals surface area contributed by atoms with E-state index in [1.165, 1.54) is 0 Å². The molecule has 1 nitrogen and oxygen atoms in total. The van der Waals surface area contributed by atoms with Gasteiger partial charge < -0.3 is 0 Å². The molecule has 0 aromatic heterocycles. The molecule has 0 bridgehead atoms. The van der Waals surface area contributed by atoms with Crippen molar-refractivity contribution in [3.05, 3.63) is 0 Å². The van der Waals surface area contributed by atoms with Gasteiger partial charge in [-0.2, -0.15) is 0 Å². The maximum absolute atomic E-state index is 14.1. The van der Waals surface area contributed by atoms with E-state index in [0.29, 0.717) is 11.8 Å². The number of likely N-dealkylation sites (tertiary alicyclic amines) is 1.